The van der Waals surface area contributed by atoms with E-state index in [0.29, 0.717) is 28.6 Å². The third kappa shape index (κ3) is 4.40. The first-order chi connectivity index (χ1) is 14.1. The molecule has 0 fully saturated rings. The number of aromatic nitrogens is 2. The monoisotopic (exact) mass is 399 g/mol. The lowest BCUT2D eigenvalue weighted by atomic mass is 10.2. The predicted octanol–water partition coefficient (Wildman–Crippen LogP) is 2.70. The number of carbonyl (C=O) groups is 1. The molecule has 0 aliphatic heterocycles. The van der Waals surface area contributed by atoms with E-state index in [1.54, 1.807) is 51.7 Å². The van der Waals surface area contributed by atoms with E-state index in [9.17, 15) is 4.79 Å². The number of nitrogens with one attached hydrogen (secondary N) is 1. The molecule has 1 aromatic heterocycles. The highest BCUT2D eigenvalue weighted by Crippen LogP contribution is 2.31. The molecule has 0 unspecified atom stereocenters. The van der Waals surface area contributed by atoms with E-state index in [1.807, 2.05) is 6.07 Å². The number of ether oxygens (including phenoxy) is 4. The van der Waals surface area contributed by atoms with Gasteiger partial charge in [-0.3, -0.25) is 4.79 Å². The van der Waals surface area contributed by atoms with E-state index in [1.165, 1.54) is 7.11 Å². The summed E-state index contributed by atoms with van der Waals surface area (Å²) in [5.74, 6) is 1.92. The van der Waals surface area contributed by atoms with E-state index >= 15 is 0 Å². The van der Waals surface area contributed by atoms with Gasteiger partial charge >= 0.3 is 11.8 Å². The van der Waals surface area contributed by atoms with Crippen LogP contribution in [0.5, 0.6) is 23.0 Å². The van der Waals surface area contributed by atoms with Crippen molar-refractivity contribution in [3.8, 4) is 34.4 Å². The maximum atomic E-state index is 12.4. The second-order valence-corrected chi connectivity index (χ2v) is 5.86. The van der Waals surface area contributed by atoms with Crippen LogP contribution >= 0.6 is 0 Å². The minimum absolute atomic E-state index is 0.143. The molecular formula is C20H21N3O6. The quantitative estimate of drug-likeness (QED) is 0.616. The van der Waals surface area contributed by atoms with Crippen molar-refractivity contribution >= 4 is 5.91 Å². The lowest BCUT2D eigenvalue weighted by Crippen LogP contribution is -2.23. The molecule has 2 aromatic carbocycles. The van der Waals surface area contributed by atoms with Gasteiger partial charge in [0.15, 0.2) is 23.0 Å². The van der Waals surface area contributed by atoms with Crippen LogP contribution in [0.1, 0.15) is 16.2 Å². The lowest BCUT2D eigenvalue weighted by molar-refractivity contribution is 0.0907. The summed E-state index contributed by atoms with van der Waals surface area (Å²) >= 11 is 0. The van der Waals surface area contributed by atoms with Crippen molar-refractivity contribution in [3.63, 3.8) is 0 Å². The van der Waals surface area contributed by atoms with Gasteiger partial charge in [-0.05, 0) is 35.9 Å². The number of amides is 1. The topological polar surface area (TPSA) is 105 Å². The number of carbonyl (C=O) groups excluding carboxylic acids is 1. The van der Waals surface area contributed by atoms with Crippen LogP contribution in [0.15, 0.2) is 40.9 Å². The van der Waals surface area contributed by atoms with Gasteiger partial charge in [-0.1, -0.05) is 11.2 Å². The Morgan fingerprint density at radius 1 is 0.897 bits per heavy atom. The normalized spacial score (nSPS) is 10.3. The van der Waals surface area contributed by atoms with Gasteiger partial charge in [-0.15, -0.1) is 0 Å². The summed E-state index contributed by atoms with van der Waals surface area (Å²) in [4.78, 5) is 16.5. The fourth-order valence-corrected chi connectivity index (χ4v) is 2.66. The second kappa shape index (κ2) is 8.96. The number of methoxy groups -OCH3 is 4. The van der Waals surface area contributed by atoms with E-state index in [4.69, 9.17) is 23.5 Å². The van der Waals surface area contributed by atoms with Crippen molar-refractivity contribution < 1.29 is 28.3 Å². The highest BCUT2D eigenvalue weighted by molar-refractivity contribution is 5.89. The number of hydrogen-bond acceptors (Lipinski definition) is 8. The summed E-state index contributed by atoms with van der Waals surface area (Å²) < 4.78 is 26.0. The Morgan fingerprint density at radius 2 is 1.52 bits per heavy atom. The van der Waals surface area contributed by atoms with Gasteiger partial charge in [0.25, 0.3) is 0 Å². The average Bonchev–Trinajstić information content (AvgIpc) is 3.27. The van der Waals surface area contributed by atoms with Crippen molar-refractivity contribution in [2.45, 2.75) is 6.54 Å². The van der Waals surface area contributed by atoms with Gasteiger partial charge in [0.05, 0.1) is 28.4 Å². The maximum absolute atomic E-state index is 12.4. The fourth-order valence-electron chi connectivity index (χ4n) is 2.66. The van der Waals surface area contributed by atoms with Crippen LogP contribution in [0, 0.1) is 0 Å². The van der Waals surface area contributed by atoms with E-state index in [0.717, 1.165) is 5.56 Å². The molecule has 3 rings (SSSR count). The largest absolute Gasteiger partial charge is 0.493 e. The molecular weight excluding hydrogens is 378 g/mol. The van der Waals surface area contributed by atoms with Crippen molar-refractivity contribution in [2.75, 3.05) is 28.4 Å². The fraction of sp³-hybridized carbons (Fsp3) is 0.250. The summed E-state index contributed by atoms with van der Waals surface area (Å²) in [6.07, 6.45) is 0. The Balaban J connectivity index is 1.70. The molecule has 1 N–H and O–H groups in total. The average molecular weight is 399 g/mol. The van der Waals surface area contributed by atoms with Crippen molar-refractivity contribution in [1.29, 1.82) is 0 Å². The Labute approximate surface area is 167 Å². The molecule has 0 radical (unpaired) electrons. The van der Waals surface area contributed by atoms with Gasteiger partial charge in [0.2, 0.25) is 5.82 Å². The molecule has 0 saturated heterocycles. The molecule has 0 saturated carbocycles. The van der Waals surface area contributed by atoms with Gasteiger partial charge in [0.1, 0.15) is 0 Å². The zero-order valence-corrected chi connectivity index (χ0v) is 16.5. The van der Waals surface area contributed by atoms with Crippen LogP contribution in [0.25, 0.3) is 11.4 Å². The van der Waals surface area contributed by atoms with Gasteiger partial charge in [0, 0.05) is 12.1 Å². The van der Waals surface area contributed by atoms with E-state index in [2.05, 4.69) is 15.5 Å². The first-order valence-corrected chi connectivity index (χ1v) is 8.64. The minimum Gasteiger partial charge on any atom is -0.493 e. The first kappa shape index (κ1) is 20.0. The summed E-state index contributed by atoms with van der Waals surface area (Å²) in [6.45, 7) is 0.257. The standard InChI is InChI=1S/C20H21N3O6/c1-25-14-7-5-12(9-16(14)27-3)11-21-19(24)20-22-18(23-29-20)13-6-8-15(26-2)17(10-13)28-4/h5-10H,11H2,1-4H3,(H,21,24). The highest BCUT2D eigenvalue weighted by Gasteiger charge is 2.17. The molecule has 0 spiro atoms. The molecule has 9 heteroatoms. The Morgan fingerprint density at radius 3 is 2.17 bits per heavy atom. The molecule has 1 heterocycles. The molecule has 0 aliphatic carbocycles. The van der Waals surface area contributed by atoms with Crippen LogP contribution < -0.4 is 24.3 Å². The minimum atomic E-state index is -0.487. The number of benzene rings is 2. The number of nitrogens with zero attached hydrogens (tertiary/aromatic N) is 2. The number of hydrogen-bond donors (Lipinski definition) is 1. The predicted molar refractivity (Wildman–Crippen MR) is 104 cm³/mol. The molecule has 0 aliphatic rings. The Bertz CT molecular complexity index is 1000. The van der Waals surface area contributed by atoms with Crippen LogP contribution in [0.2, 0.25) is 0 Å². The molecule has 0 bridgehead atoms. The Hall–Kier alpha value is -3.75. The van der Waals surface area contributed by atoms with Crippen LogP contribution in [-0.2, 0) is 6.54 Å². The highest BCUT2D eigenvalue weighted by atomic mass is 16.5. The van der Waals surface area contributed by atoms with Crippen LogP contribution in [0.4, 0.5) is 0 Å². The molecule has 152 valence electrons. The van der Waals surface area contributed by atoms with Gasteiger partial charge in [-0.25, -0.2) is 0 Å². The smallest absolute Gasteiger partial charge is 0.316 e. The Kier molecular flexibility index (Phi) is 6.18. The molecule has 29 heavy (non-hydrogen) atoms. The SMILES string of the molecule is COc1ccc(CNC(=O)c2nc(-c3ccc(OC)c(OC)c3)no2)cc1OC. The van der Waals surface area contributed by atoms with Crippen molar-refractivity contribution in [1.82, 2.24) is 15.5 Å². The molecule has 3 aromatic rings. The third-order valence-corrected chi connectivity index (χ3v) is 4.16. The van der Waals surface area contributed by atoms with E-state index < -0.39 is 5.91 Å². The summed E-state index contributed by atoms with van der Waals surface area (Å²) in [7, 11) is 6.19. The van der Waals surface area contributed by atoms with E-state index in [-0.39, 0.29) is 18.3 Å². The molecule has 1 amide bonds. The summed E-state index contributed by atoms with van der Waals surface area (Å²) in [6, 6.07) is 10.5. The van der Waals surface area contributed by atoms with Crippen LogP contribution in [-0.4, -0.2) is 44.5 Å². The summed E-state index contributed by atoms with van der Waals surface area (Å²) in [5, 5.41) is 6.60. The van der Waals surface area contributed by atoms with Gasteiger partial charge < -0.3 is 28.8 Å². The second-order valence-electron chi connectivity index (χ2n) is 5.86. The van der Waals surface area contributed by atoms with Gasteiger partial charge in [-0.2, -0.15) is 4.98 Å². The zero-order valence-electron chi connectivity index (χ0n) is 16.5. The van der Waals surface area contributed by atoms with Crippen molar-refractivity contribution in [2.24, 2.45) is 0 Å². The number of rotatable bonds is 8. The first-order valence-electron chi connectivity index (χ1n) is 8.64. The summed E-state index contributed by atoms with van der Waals surface area (Å²) in [5.41, 5.74) is 1.46. The third-order valence-electron chi connectivity index (χ3n) is 4.16. The zero-order chi connectivity index (χ0) is 20.8. The van der Waals surface area contributed by atoms with Crippen molar-refractivity contribution in [3.05, 3.63) is 47.9 Å². The molecule has 9 nitrogen and oxygen atoms in total. The van der Waals surface area contributed by atoms with Crippen LogP contribution in [0.3, 0.4) is 0 Å². The lowest BCUT2D eigenvalue weighted by Gasteiger charge is -2.09. The maximum Gasteiger partial charge on any atom is 0.316 e. The molecule has 0 atom stereocenters.